The first-order chi connectivity index (χ1) is 12.0. The number of fused-ring (bicyclic) bond motifs is 1. The molecular formula is C19H21FN2O3. The lowest BCUT2D eigenvalue weighted by molar-refractivity contribution is -0.149. The highest BCUT2D eigenvalue weighted by Crippen LogP contribution is 2.23. The van der Waals surface area contributed by atoms with Crippen LogP contribution in [0.3, 0.4) is 0 Å². The summed E-state index contributed by atoms with van der Waals surface area (Å²) in [5, 5.41) is 0.717. The molecule has 2 heterocycles. The van der Waals surface area contributed by atoms with Crippen molar-refractivity contribution in [3.63, 3.8) is 0 Å². The molecule has 1 aliphatic rings. The van der Waals surface area contributed by atoms with E-state index in [1.807, 2.05) is 0 Å². The van der Waals surface area contributed by atoms with E-state index in [0.29, 0.717) is 41.9 Å². The second-order valence-electron chi connectivity index (χ2n) is 6.30. The number of likely N-dealkylation sites (tertiary alicyclic amines) is 1. The molecule has 1 fully saturated rings. The number of carbonyl (C=O) groups is 2. The first kappa shape index (κ1) is 17.3. The van der Waals surface area contributed by atoms with Gasteiger partial charge in [-0.05, 0) is 44.9 Å². The second kappa shape index (κ2) is 7.17. The number of esters is 1. The van der Waals surface area contributed by atoms with Crippen LogP contribution in [-0.4, -0.2) is 41.5 Å². The van der Waals surface area contributed by atoms with Gasteiger partial charge >= 0.3 is 5.97 Å². The molecule has 1 amide bonds. The van der Waals surface area contributed by atoms with Crippen LogP contribution in [0.15, 0.2) is 24.3 Å². The number of halogens is 1. The van der Waals surface area contributed by atoms with Crippen molar-refractivity contribution in [3.05, 3.63) is 41.3 Å². The number of piperidine rings is 1. The Kier molecular flexibility index (Phi) is 4.97. The molecule has 0 bridgehead atoms. The van der Waals surface area contributed by atoms with Crippen LogP contribution < -0.4 is 0 Å². The molecule has 0 N–H and O–H groups in total. The third-order valence-electron chi connectivity index (χ3n) is 4.53. The summed E-state index contributed by atoms with van der Waals surface area (Å²) in [6.45, 7) is 4.82. The Morgan fingerprint density at radius 3 is 2.92 bits per heavy atom. The summed E-state index contributed by atoms with van der Waals surface area (Å²) in [5.74, 6) is -1.03. The summed E-state index contributed by atoms with van der Waals surface area (Å²) in [6, 6.07) is 6.07. The Morgan fingerprint density at radius 1 is 1.36 bits per heavy atom. The van der Waals surface area contributed by atoms with Gasteiger partial charge in [-0.3, -0.25) is 14.6 Å². The number of benzene rings is 1. The molecule has 1 aromatic carbocycles. The first-order valence-electron chi connectivity index (χ1n) is 8.52. The van der Waals surface area contributed by atoms with E-state index in [-0.39, 0.29) is 23.6 Å². The number of amides is 1. The summed E-state index contributed by atoms with van der Waals surface area (Å²) in [5.41, 5.74) is 1.57. The molecule has 0 aliphatic carbocycles. The topological polar surface area (TPSA) is 59.5 Å². The molecule has 2 aromatic rings. The predicted octanol–water partition coefficient (Wildman–Crippen LogP) is 3.10. The van der Waals surface area contributed by atoms with Crippen LogP contribution in [0.25, 0.3) is 10.9 Å². The average Bonchev–Trinajstić information content (AvgIpc) is 2.61. The monoisotopic (exact) mass is 344 g/mol. The van der Waals surface area contributed by atoms with Crippen LogP contribution in [0.2, 0.25) is 0 Å². The summed E-state index contributed by atoms with van der Waals surface area (Å²) in [4.78, 5) is 30.9. The number of aryl methyl sites for hydroxylation is 1. The number of rotatable bonds is 3. The number of pyridine rings is 1. The molecule has 1 atom stereocenters. The van der Waals surface area contributed by atoms with Crippen LogP contribution in [-0.2, 0) is 9.53 Å². The SMILES string of the molecule is CCOC(=O)C1CCCN(C(=O)c2cc3ccc(F)cc3nc2C)C1. The highest BCUT2D eigenvalue weighted by Gasteiger charge is 2.30. The second-order valence-corrected chi connectivity index (χ2v) is 6.30. The van der Waals surface area contributed by atoms with Crippen molar-refractivity contribution < 1.29 is 18.7 Å². The number of ether oxygens (including phenoxy) is 1. The van der Waals surface area contributed by atoms with E-state index >= 15 is 0 Å². The van der Waals surface area contributed by atoms with E-state index < -0.39 is 0 Å². The lowest BCUT2D eigenvalue weighted by Gasteiger charge is -2.31. The summed E-state index contributed by atoms with van der Waals surface area (Å²) < 4.78 is 18.4. The van der Waals surface area contributed by atoms with Crippen molar-refractivity contribution in [2.24, 2.45) is 5.92 Å². The van der Waals surface area contributed by atoms with Crippen molar-refractivity contribution in [2.45, 2.75) is 26.7 Å². The van der Waals surface area contributed by atoms with Gasteiger partial charge in [-0.1, -0.05) is 0 Å². The minimum absolute atomic E-state index is 0.148. The van der Waals surface area contributed by atoms with Crippen LogP contribution in [0.4, 0.5) is 4.39 Å². The zero-order chi connectivity index (χ0) is 18.0. The third kappa shape index (κ3) is 3.62. The first-order valence-corrected chi connectivity index (χ1v) is 8.52. The highest BCUT2D eigenvalue weighted by atomic mass is 19.1. The fraction of sp³-hybridized carbons (Fsp3) is 0.421. The van der Waals surface area contributed by atoms with Gasteiger partial charge in [-0.25, -0.2) is 4.39 Å². The molecule has 0 saturated carbocycles. The molecule has 1 aromatic heterocycles. The van der Waals surface area contributed by atoms with Gasteiger partial charge in [0.25, 0.3) is 5.91 Å². The fourth-order valence-electron chi connectivity index (χ4n) is 3.24. The molecule has 1 saturated heterocycles. The van der Waals surface area contributed by atoms with E-state index in [1.54, 1.807) is 30.9 Å². The van der Waals surface area contributed by atoms with Crippen molar-refractivity contribution in [2.75, 3.05) is 19.7 Å². The summed E-state index contributed by atoms with van der Waals surface area (Å²) >= 11 is 0. The van der Waals surface area contributed by atoms with E-state index in [2.05, 4.69) is 4.98 Å². The van der Waals surface area contributed by atoms with Gasteiger partial charge in [0.05, 0.1) is 29.3 Å². The molecule has 1 unspecified atom stereocenters. The maximum atomic E-state index is 13.3. The Labute approximate surface area is 145 Å². The number of nitrogens with zero attached hydrogens (tertiary/aromatic N) is 2. The molecule has 0 spiro atoms. The van der Waals surface area contributed by atoms with Gasteiger partial charge in [0, 0.05) is 24.5 Å². The quantitative estimate of drug-likeness (QED) is 0.803. The van der Waals surface area contributed by atoms with Gasteiger partial charge < -0.3 is 9.64 Å². The minimum atomic E-state index is -0.355. The summed E-state index contributed by atoms with van der Waals surface area (Å²) in [6.07, 6.45) is 1.50. The van der Waals surface area contributed by atoms with E-state index in [9.17, 15) is 14.0 Å². The Hall–Kier alpha value is -2.50. The number of carbonyl (C=O) groups excluding carboxylic acids is 2. The van der Waals surface area contributed by atoms with E-state index in [1.165, 1.54) is 12.1 Å². The molecular weight excluding hydrogens is 323 g/mol. The van der Waals surface area contributed by atoms with Crippen LogP contribution in [0, 0.1) is 18.7 Å². The van der Waals surface area contributed by atoms with Gasteiger partial charge in [0.1, 0.15) is 5.82 Å². The molecule has 5 nitrogen and oxygen atoms in total. The average molecular weight is 344 g/mol. The molecule has 1 aliphatic heterocycles. The molecule has 6 heteroatoms. The Balaban J connectivity index is 1.85. The zero-order valence-corrected chi connectivity index (χ0v) is 14.4. The largest absolute Gasteiger partial charge is 0.466 e. The van der Waals surface area contributed by atoms with Gasteiger partial charge in [-0.2, -0.15) is 0 Å². The van der Waals surface area contributed by atoms with Crippen molar-refractivity contribution in [1.82, 2.24) is 9.88 Å². The zero-order valence-electron chi connectivity index (χ0n) is 14.4. The number of hydrogen-bond donors (Lipinski definition) is 0. The van der Waals surface area contributed by atoms with Crippen molar-refractivity contribution >= 4 is 22.8 Å². The third-order valence-corrected chi connectivity index (χ3v) is 4.53. The lowest BCUT2D eigenvalue weighted by Crippen LogP contribution is -2.43. The maximum Gasteiger partial charge on any atom is 0.310 e. The lowest BCUT2D eigenvalue weighted by atomic mass is 9.97. The standard InChI is InChI=1S/C19H21FN2O3/c1-3-25-19(24)14-5-4-8-22(11-14)18(23)16-9-13-6-7-15(20)10-17(13)21-12(16)2/h6-7,9-10,14H,3-5,8,11H2,1-2H3. The fourth-order valence-corrected chi connectivity index (χ4v) is 3.24. The molecule has 3 rings (SSSR count). The number of aromatic nitrogens is 1. The van der Waals surface area contributed by atoms with Crippen LogP contribution in [0.5, 0.6) is 0 Å². The van der Waals surface area contributed by atoms with Crippen molar-refractivity contribution in [1.29, 1.82) is 0 Å². The maximum absolute atomic E-state index is 13.3. The van der Waals surface area contributed by atoms with Crippen molar-refractivity contribution in [3.8, 4) is 0 Å². The van der Waals surface area contributed by atoms with E-state index in [4.69, 9.17) is 4.74 Å². The minimum Gasteiger partial charge on any atom is -0.466 e. The summed E-state index contributed by atoms with van der Waals surface area (Å²) in [7, 11) is 0. The van der Waals surface area contributed by atoms with Gasteiger partial charge in [0.15, 0.2) is 0 Å². The Morgan fingerprint density at radius 2 is 2.16 bits per heavy atom. The predicted molar refractivity (Wildman–Crippen MR) is 91.7 cm³/mol. The van der Waals surface area contributed by atoms with Crippen LogP contribution >= 0.6 is 0 Å². The van der Waals surface area contributed by atoms with Gasteiger partial charge in [-0.15, -0.1) is 0 Å². The smallest absolute Gasteiger partial charge is 0.310 e. The Bertz CT molecular complexity index is 822. The van der Waals surface area contributed by atoms with E-state index in [0.717, 1.165) is 12.8 Å². The molecule has 0 radical (unpaired) electrons. The highest BCUT2D eigenvalue weighted by molar-refractivity contribution is 5.99. The normalized spacial score (nSPS) is 17.6. The molecule has 25 heavy (non-hydrogen) atoms. The van der Waals surface area contributed by atoms with Crippen LogP contribution in [0.1, 0.15) is 35.8 Å². The number of hydrogen-bond acceptors (Lipinski definition) is 4. The molecule has 132 valence electrons. The van der Waals surface area contributed by atoms with Gasteiger partial charge in [0.2, 0.25) is 0 Å².